The van der Waals surface area contributed by atoms with E-state index in [2.05, 4.69) is 16.0 Å². The van der Waals surface area contributed by atoms with Crippen molar-refractivity contribution in [3.63, 3.8) is 0 Å². The van der Waals surface area contributed by atoms with Crippen molar-refractivity contribution in [3.05, 3.63) is 41.3 Å². The molecule has 0 aliphatic heterocycles. The van der Waals surface area contributed by atoms with Crippen LogP contribution in [0.2, 0.25) is 0 Å². The maximum Gasteiger partial charge on any atom is 0.130 e. The highest BCUT2D eigenvalue weighted by molar-refractivity contribution is 5.62. The SMILES string of the molecule is CCOc1ccc(-c2cc(C)nc(CCN)n2)cc1C. The molecule has 0 atom stereocenters. The van der Waals surface area contributed by atoms with E-state index < -0.39 is 0 Å². The molecule has 1 aromatic heterocycles. The largest absolute Gasteiger partial charge is 0.494 e. The Labute approximate surface area is 120 Å². The number of rotatable bonds is 5. The number of hydrogen-bond donors (Lipinski definition) is 1. The first-order valence-corrected chi connectivity index (χ1v) is 6.92. The number of nitrogens with two attached hydrogens (primary N) is 1. The molecular formula is C16H21N3O. The van der Waals surface area contributed by atoms with Gasteiger partial charge >= 0.3 is 0 Å². The zero-order chi connectivity index (χ0) is 14.5. The zero-order valence-corrected chi connectivity index (χ0v) is 12.3. The maximum absolute atomic E-state index is 5.58. The van der Waals surface area contributed by atoms with Crippen LogP contribution in [0.5, 0.6) is 5.75 Å². The summed E-state index contributed by atoms with van der Waals surface area (Å²) in [4.78, 5) is 8.98. The molecule has 0 radical (unpaired) electrons. The summed E-state index contributed by atoms with van der Waals surface area (Å²) < 4.78 is 5.56. The fourth-order valence-corrected chi connectivity index (χ4v) is 2.14. The molecule has 2 N–H and O–H groups in total. The van der Waals surface area contributed by atoms with Gasteiger partial charge in [-0.3, -0.25) is 0 Å². The van der Waals surface area contributed by atoms with Crippen molar-refractivity contribution in [2.45, 2.75) is 27.2 Å². The van der Waals surface area contributed by atoms with Gasteiger partial charge in [-0.15, -0.1) is 0 Å². The van der Waals surface area contributed by atoms with Gasteiger partial charge in [0.15, 0.2) is 0 Å². The van der Waals surface area contributed by atoms with Gasteiger partial charge in [0, 0.05) is 17.7 Å². The first kappa shape index (κ1) is 14.5. The van der Waals surface area contributed by atoms with E-state index in [4.69, 9.17) is 10.5 Å². The summed E-state index contributed by atoms with van der Waals surface area (Å²) >= 11 is 0. The Morgan fingerprint density at radius 2 is 1.95 bits per heavy atom. The van der Waals surface area contributed by atoms with Crippen LogP contribution in [0.25, 0.3) is 11.3 Å². The molecule has 20 heavy (non-hydrogen) atoms. The first-order chi connectivity index (χ1) is 9.63. The molecule has 0 saturated heterocycles. The maximum atomic E-state index is 5.58. The zero-order valence-electron chi connectivity index (χ0n) is 12.3. The van der Waals surface area contributed by atoms with Crippen LogP contribution in [0, 0.1) is 13.8 Å². The van der Waals surface area contributed by atoms with Crippen LogP contribution in [0.3, 0.4) is 0 Å². The molecule has 0 unspecified atom stereocenters. The van der Waals surface area contributed by atoms with Gasteiger partial charge < -0.3 is 10.5 Å². The quantitative estimate of drug-likeness (QED) is 0.908. The minimum atomic E-state index is 0.561. The number of ether oxygens (including phenoxy) is 1. The van der Waals surface area contributed by atoms with E-state index in [1.165, 1.54) is 0 Å². The van der Waals surface area contributed by atoms with E-state index in [0.29, 0.717) is 19.6 Å². The second kappa shape index (κ2) is 6.48. The van der Waals surface area contributed by atoms with Gasteiger partial charge in [0.1, 0.15) is 11.6 Å². The van der Waals surface area contributed by atoms with Gasteiger partial charge in [-0.25, -0.2) is 9.97 Å². The molecule has 0 fully saturated rings. The average Bonchev–Trinajstić information content (AvgIpc) is 2.41. The Bertz CT molecular complexity index is 596. The first-order valence-electron chi connectivity index (χ1n) is 6.92. The minimum absolute atomic E-state index is 0.561. The van der Waals surface area contributed by atoms with Crippen LogP contribution in [0.1, 0.15) is 24.0 Å². The summed E-state index contributed by atoms with van der Waals surface area (Å²) in [7, 11) is 0. The van der Waals surface area contributed by atoms with Crippen molar-refractivity contribution in [2.75, 3.05) is 13.2 Å². The Balaban J connectivity index is 2.38. The molecular weight excluding hydrogens is 250 g/mol. The molecule has 4 nitrogen and oxygen atoms in total. The highest BCUT2D eigenvalue weighted by Crippen LogP contribution is 2.25. The molecule has 0 aliphatic carbocycles. The van der Waals surface area contributed by atoms with E-state index in [1.807, 2.05) is 39.0 Å². The molecule has 0 spiro atoms. The second-order valence-electron chi connectivity index (χ2n) is 4.76. The summed E-state index contributed by atoms with van der Waals surface area (Å²) in [5, 5.41) is 0. The number of hydrogen-bond acceptors (Lipinski definition) is 4. The molecule has 2 rings (SSSR count). The van der Waals surface area contributed by atoms with Crippen LogP contribution in [0.4, 0.5) is 0 Å². The molecule has 0 aliphatic rings. The lowest BCUT2D eigenvalue weighted by molar-refractivity contribution is 0.338. The fraction of sp³-hybridized carbons (Fsp3) is 0.375. The predicted molar refractivity (Wildman–Crippen MR) is 80.9 cm³/mol. The summed E-state index contributed by atoms with van der Waals surface area (Å²) in [6.45, 7) is 7.24. The van der Waals surface area contributed by atoms with E-state index >= 15 is 0 Å². The van der Waals surface area contributed by atoms with Crippen molar-refractivity contribution in [1.82, 2.24) is 9.97 Å². The van der Waals surface area contributed by atoms with Gasteiger partial charge in [0.2, 0.25) is 0 Å². The lowest BCUT2D eigenvalue weighted by Gasteiger charge is -2.10. The lowest BCUT2D eigenvalue weighted by atomic mass is 10.1. The minimum Gasteiger partial charge on any atom is -0.494 e. The molecule has 1 heterocycles. The molecule has 2 aromatic rings. The Hall–Kier alpha value is -1.94. The van der Waals surface area contributed by atoms with Crippen LogP contribution >= 0.6 is 0 Å². The monoisotopic (exact) mass is 271 g/mol. The highest BCUT2D eigenvalue weighted by atomic mass is 16.5. The predicted octanol–water partition coefficient (Wildman–Crippen LogP) is 2.66. The number of aromatic nitrogens is 2. The molecule has 4 heteroatoms. The number of benzene rings is 1. The van der Waals surface area contributed by atoms with Crippen molar-refractivity contribution < 1.29 is 4.74 Å². The van der Waals surface area contributed by atoms with Crippen molar-refractivity contribution in [1.29, 1.82) is 0 Å². The Morgan fingerprint density at radius 1 is 1.15 bits per heavy atom. The number of aryl methyl sites for hydroxylation is 2. The van der Waals surface area contributed by atoms with Gasteiger partial charge in [-0.05, 0) is 57.1 Å². The van der Waals surface area contributed by atoms with Gasteiger partial charge in [-0.1, -0.05) is 0 Å². The molecule has 106 valence electrons. The number of nitrogens with zero attached hydrogens (tertiary/aromatic N) is 2. The lowest BCUT2D eigenvalue weighted by Crippen LogP contribution is -2.07. The highest BCUT2D eigenvalue weighted by Gasteiger charge is 2.07. The van der Waals surface area contributed by atoms with E-state index in [0.717, 1.165) is 34.1 Å². The summed E-state index contributed by atoms with van der Waals surface area (Å²) in [5.74, 6) is 1.72. The average molecular weight is 271 g/mol. The van der Waals surface area contributed by atoms with Crippen molar-refractivity contribution >= 4 is 0 Å². The topological polar surface area (TPSA) is 61.0 Å². The smallest absolute Gasteiger partial charge is 0.130 e. The third kappa shape index (κ3) is 3.33. The van der Waals surface area contributed by atoms with Gasteiger partial charge in [0.05, 0.1) is 12.3 Å². The Kier molecular flexibility index (Phi) is 4.69. The molecule has 1 aromatic carbocycles. The molecule has 0 saturated carbocycles. The van der Waals surface area contributed by atoms with Crippen LogP contribution in [-0.4, -0.2) is 23.1 Å². The van der Waals surface area contributed by atoms with Gasteiger partial charge in [-0.2, -0.15) is 0 Å². The summed E-state index contributed by atoms with van der Waals surface area (Å²) in [6.07, 6.45) is 0.699. The third-order valence-electron chi connectivity index (χ3n) is 3.04. The Morgan fingerprint density at radius 3 is 2.60 bits per heavy atom. The van der Waals surface area contributed by atoms with Gasteiger partial charge in [0.25, 0.3) is 0 Å². The van der Waals surface area contributed by atoms with Crippen LogP contribution in [-0.2, 0) is 6.42 Å². The second-order valence-corrected chi connectivity index (χ2v) is 4.76. The van der Waals surface area contributed by atoms with Crippen molar-refractivity contribution in [3.8, 4) is 17.0 Å². The normalized spacial score (nSPS) is 10.6. The summed E-state index contributed by atoms with van der Waals surface area (Å²) in [5.41, 5.74) is 9.67. The third-order valence-corrected chi connectivity index (χ3v) is 3.04. The molecule has 0 amide bonds. The fourth-order valence-electron chi connectivity index (χ4n) is 2.14. The van der Waals surface area contributed by atoms with E-state index in [9.17, 15) is 0 Å². The molecule has 0 bridgehead atoms. The van der Waals surface area contributed by atoms with Crippen LogP contribution < -0.4 is 10.5 Å². The summed E-state index contributed by atoms with van der Waals surface area (Å²) in [6, 6.07) is 8.12. The van der Waals surface area contributed by atoms with E-state index in [1.54, 1.807) is 0 Å². The van der Waals surface area contributed by atoms with Crippen LogP contribution in [0.15, 0.2) is 24.3 Å². The van der Waals surface area contributed by atoms with E-state index in [-0.39, 0.29) is 0 Å². The standard InChI is InChI=1S/C16H21N3O/c1-4-20-15-6-5-13(9-11(15)2)14-10-12(3)18-16(19-14)7-8-17/h5-6,9-10H,4,7-8,17H2,1-3H3. The van der Waals surface area contributed by atoms with Crippen molar-refractivity contribution in [2.24, 2.45) is 5.73 Å².